The molecule has 0 fully saturated rings. The molecule has 0 aromatic heterocycles. The first kappa shape index (κ1) is 12.4. The predicted molar refractivity (Wildman–Crippen MR) is 61.7 cm³/mol. The molecule has 0 saturated carbocycles. The van der Waals surface area contributed by atoms with E-state index < -0.39 is 0 Å². The molecule has 1 aromatic carbocycles. The average Bonchev–Trinajstić information content (AvgIpc) is 2.27. The Hall–Kier alpha value is -1.71. The molecular weight excluding hydrogens is 206 g/mol. The van der Waals surface area contributed by atoms with Crippen LogP contribution >= 0.6 is 0 Å². The van der Waals surface area contributed by atoms with Crippen molar-refractivity contribution in [2.75, 3.05) is 13.7 Å². The van der Waals surface area contributed by atoms with Crippen molar-refractivity contribution < 1.29 is 14.3 Å². The van der Waals surface area contributed by atoms with Gasteiger partial charge in [0.05, 0.1) is 13.7 Å². The minimum Gasteiger partial charge on any atom is -0.496 e. The highest BCUT2D eigenvalue weighted by Gasteiger charge is 2.05. The molecule has 1 amide bonds. The molecule has 0 aliphatic heterocycles. The molecule has 0 atom stereocenters. The zero-order valence-electron chi connectivity index (χ0n) is 9.87. The fourth-order valence-corrected chi connectivity index (χ4v) is 1.35. The summed E-state index contributed by atoms with van der Waals surface area (Å²) < 4.78 is 10.6. The van der Waals surface area contributed by atoms with Crippen LogP contribution in [0.15, 0.2) is 18.2 Å². The Morgan fingerprint density at radius 3 is 2.75 bits per heavy atom. The van der Waals surface area contributed by atoms with Crippen LogP contribution in [0.4, 0.5) is 0 Å². The van der Waals surface area contributed by atoms with Gasteiger partial charge < -0.3 is 14.8 Å². The Labute approximate surface area is 95.6 Å². The second kappa shape index (κ2) is 6.00. The van der Waals surface area contributed by atoms with Crippen molar-refractivity contribution in [1.82, 2.24) is 5.32 Å². The summed E-state index contributed by atoms with van der Waals surface area (Å²) in [6, 6.07) is 5.57. The van der Waals surface area contributed by atoms with Crippen LogP contribution in [0.2, 0.25) is 0 Å². The van der Waals surface area contributed by atoms with E-state index in [0.717, 1.165) is 17.1 Å². The molecule has 0 saturated heterocycles. The Kier molecular flexibility index (Phi) is 4.64. The van der Waals surface area contributed by atoms with Gasteiger partial charge >= 0.3 is 0 Å². The van der Waals surface area contributed by atoms with Gasteiger partial charge in [-0.15, -0.1) is 0 Å². The summed E-state index contributed by atoms with van der Waals surface area (Å²) in [7, 11) is 1.60. The lowest BCUT2D eigenvalue weighted by atomic mass is 10.2. The normalized spacial score (nSPS) is 9.69. The number of carbonyl (C=O) groups is 1. The van der Waals surface area contributed by atoms with Gasteiger partial charge in [-0.2, -0.15) is 0 Å². The van der Waals surface area contributed by atoms with Crippen LogP contribution < -0.4 is 14.8 Å². The zero-order chi connectivity index (χ0) is 12.0. The molecule has 0 radical (unpaired) electrons. The van der Waals surface area contributed by atoms with Crippen molar-refractivity contribution in [3.63, 3.8) is 0 Å². The van der Waals surface area contributed by atoms with E-state index in [1.807, 2.05) is 25.1 Å². The number of ether oxygens (including phenoxy) is 2. The molecule has 1 aromatic rings. The molecular formula is C12H17NO3. The summed E-state index contributed by atoms with van der Waals surface area (Å²) >= 11 is 0. The van der Waals surface area contributed by atoms with Crippen LogP contribution in [0, 0.1) is 0 Å². The van der Waals surface area contributed by atoms with E-state index in [-0.39, 0.29) is 5.91 Å². The molecule has 0 unspecified atom stereocenters. The summed E-state index contributed by atoms with van der Waals surface area (Å²) in [5.74, 6) is 1.43. The van der Waals surface area contributed by atoms with Gasteiger partial charge in [0.1, 0.15) is 11.5 Å². The molecule has 1 N–H and O–H groups in total. The Morgan fingerprint density at radius 2 is 2.19 bits per heavy atom. The van der Waals surface area contributed by atoms with E-state index in [2.05, 4.69) is 5.32 Å². The van der Waals surface area contributed by atoms with E-state index in [1.165, 1.54) is 6.92 Å². The van der Waals surface area contributed by atoms with Crippen LogP contribution in [0.25, 0.3) is 0 Å². The third-order valence-corrected chi connectivity index (χ3v) is 2.10. The average molecular weight is 223 g/mol. The van der Waals surface area contributed by atoms with Gasteiger partial charge in [-0.25, -0.2) is 0 Å². The third-order valence-electron chi connectivity index (χ3n) is 2.10. The van der Waals surface area contributed by atoms with Crippen LogP contribution in [0.3, 0.4) is 0 Å². The fourth-order valence-electron chi connectivity index (χ4n) is 1.35. The van der Waals surface area contributed by atoms with Crippen molar-refractivity contribution in [2.45, 2.75) is 20.4 Å². The van der Waals surface area contributed by atoms with E-state index in [1.54, 1.807) is 7.11 Å². The van der Waals surface area contributed by atoms with Crippen molar-refractivity contribution in [3.8, 4) is 11.5 Å². The molecule has 16 heavy (non-hydrogen) atoms. The molecule has 4 heteroatoms. The number of amides is 1. The molecule has 88 valence electrons. The highest BCUT2D eigenvalue weighted by Crippen LogP contribution is 2.24. The lowest BCUT2D eigenvalue weighted by Crippen LogP contribution is -2.19. The number of rotatable bonds is 5. The highest BCUT2D eigenvalue weighted by molar-refractivity contribution is 5.72. The first-order valence-electron chi connectivity index (χ1n) is 5.21. The summed E-state index contributed by atoms with van der Waals surface area (Å²) in [5.41, 5.74) is 0.932. The second-order valence-electron chi connectivity index (χ2n) is 3.32. The Morgan fingerprint density at radius 1 is 1.44 bits per heavy atom. The maximum Gasteiger partial charge on any atom is 0.217 e. The SMILES string of the molecule is CCOc1ccc(CNC(C)=O)c(OC)c1. The summed E-state index contributed by atoms with van der Waals surface area (Å²) in [6.45, 7) is 4.50. The van der Waals surface area contributed by atoms with Crippen molar-refractivity contribution in [1.29, 1.82) is 0 Å². The first-order chi connectivity index (χ1) is 7.67. The van der Waals surface area contributed by atoms with Gasteiger partial charge in [0.2, 0.25) is 5.91 Å². The lowest BCUT2D eigenvalue weighted by Gasteiger charge is -2.11. The van der Waals surface area contributed by atoms with E-state index in [4.69, 9.17) is 9.47 Å². The summed E-state index contributed by atoms with van der Waals surface area (Å²) in [6.07, 6.45) is 0. The lowest BCUT2D eigenvalue weighted by molar-refractivity contribution is -0.119. The smallest absolute Gasteiger partial charge is 0.217 e. The quantitative estimate of drug-likeness (QED) is 0.827. The van der Waals surface area contributed by atoms with Gasteiger partial charge in [0.25, 0.3) is 0 Å². The maximum atomic E-state index is 10.8. The van der Waals surface area contributed by atoms with E-state index in [0.29, 0.717) is 13.2 Å². The highest BCUT2D eigenvalue weighted by atomic mass is 16.5. The number of carbonyl (C=O) groups excluding carboxylic acids is 1. The number of nitrogens with one attached hydrogen (secondary N) is 1. The van der Waals surface area contributed by atoms with Gasteiger partial charge in [-0.05, 0) is 19.1 Å². The summed E-state index contributed by atoms with van der Waals surface area (Å²) in [5, 5.41) is 2.73. The Bertz CT molecular complexity index is 363. The van der Waals surface area contributed by atoms with Crippen LogP contribution in [-0.2, 0) is 11.3 Å². The van der Waals surface area contributed by atoms with Gasteiger partial charge in [-0.1, -0.05) is 0 Å². The van der Waals surface area contributed by atoms with Gasteiger partial charge in [-0.3, -0.25) is 4.79 Å². The molecule has 4 nitrogen and oxygen atoms in total. The Balaban J connectivity index is 2.80. The van der Waals surface area contributed by atoms with E-state index in [9.17, 15) is 4.79 Å². The number of benzene rings is 1. The topological polar surface area (TPSA) is 47.6 Å². The third kappa shape index (κ3) is 3.46. The van der Waals surface area contributed by atoms with Crippen LogP contribution in [0.5, 0.6) is 11.5 Å². The van der Waals surface area contributed by atoms with E-state index >= 15 is 0 Å². The van der Waals surface area contributed by atoms with Crippen LogP contribution in [0.1, 0.15) is 19.4 Å². The second-order valence-corrected chi connectivity index (χ2v) is 3.32. The molecule has 0 bridgehead atoms. The minimum atomic E-state index is -0.0593. The molecule has 1 rings (SSSR count). The molecule has 0 aliphatic carbocycles. The number of hydrogen-bond acceptors (Lipinski definition) is 3. The summed E-state index contributed by atoms with van der Waals surface area (Å²) in [4.78, 5) is 10.8. The van der Waals surface area contributed by atoms with Gasteiger partial charge in [0.15, 0.2) is 0 Å². The monoisotopic (exact) mass is 223 g/mol. The molecule has 0 heterocycles. The molecule has 0 spiro atoms. The largest absolute Gasteiger partial charge is 0.496 e. The minimum absolute atomic E-state index is 0.0593. The van der Waals surface area contributed by atoms with Crippen LogP contribution in [-0.4, -0.2) is 19.6 Å². The fraction of sp³-hybridized carbons (Fsp3) is 0.417. The standard InChI is InChI=1S/C12H17NO3/c1-4-16-11-6-5-10(8-13-9(2)14)12(7-11)15-3/h5-7H,4,8H2,1-3H3,(H,13,14). The van der Waals surface area contributed by atoms with Crippen molar-refractivity contribution in [2.24, 2.45) is 0 Å². The van der Waals surface area contributed by atoms with Crippen molar-refractivity contribution >= 4 is 5.91 Å². The number of hydrogen-bond donors (Lipinski definition) is 1. The molecule has 0 aliphatic rings. The maximum absolute atomic E-state index is 10.8. The first-order valence-corrected chi connectivity index (χ1v) is 5.21. The van der Waals surface area contributed by atoms with Gasteiger partial charge in [0, 0.05) is 25.1 Å². The van der Waals surface area contributed by atoms with Crippen molar-refractivity contribution in [3.05, 3.63) is 23.8 Å². The predicted octanol–water partition coefficient (Wildman–Crippen LogP) is 1.73. The number of methoxy groups -OCH3 is 1. The zero-order valence-corrected chi connectivity index (χ0v) is 9.87.